The first-order chi connectivity index (χ1) is 13.6. The molecular formula is C22H28O6. The number of rotatable bonds is 10. The van der Waals surface area contributed by atoms with Crippen LogP contribution in [0.4, 0.5) is 0 Å². The predicted octanol–water partition coefficient (Wildman–Crippen LogP) is 3.74. The molecule has 0 radical (unpaired) electrons. The van der Waals surface area contributed by atoms with Crippen LogP contribution in [-0.2, 0) is 6.42 Å². The summed E-state index contributed by atoms with van der Waals surface area (Å²) >= 11 is 0. The second-order valence-corrected chi connectivity index (χ2v) is 6.16. The summed E-state index contributed by atoms with van der Waals surface area (Å²) in [5.41, 5.74) is 1.91. The van der Waals surface area contributed by atoms with Crippen molar-refractivity contribution in [3.05, 3.63) is 47.5 Å². The van der Waals surface area contributed by atoms with Crippen LogP contribution < -0.4 is 23.7 Å². The van der Waals surface area contributed by atoms with Crippen LogP contribution in [-0.4, -0.2) is 46.3 Å². The molecule has 1 unspecified atom stereocenters. The van der Waals surface area contributed by atoms with E-state index in [9.17, 15) is 0 Å². The third kappa shape index (κ3) is 5.33. The van der Waals surface area contributed by atoms with Crippen LogP contribution in [0.1, 0.15) is 18.1 Å². The quantitative estimate of drug-likeness (QED) is 0.669. The smallest absolute Gasteiger partial charge is 0.203 e. The Morgan fingerprint density at radius 2 is 1.46 bits per heavy atom. The molecule has 28 heavy (non-hydrogen) atoms. The molecule has 0 heterocycles. The molecule has 0 aromatic heterocycles. The van der Waals surface area contributed by atoms with E-state index >= 15 is 0 Å². The van der Waals surface area contributed by atoms with Gasteiger partial charge in [0.1, 0.15) is 6.10 Å². The normalized spacial score (nSPS) is 11.9. The van der Waals surface area contributed by atoms with Crippen molar-refractivity contribution in [1.29, 1.82) is 0 Å². The van der Waals surface area contributed by atoms with Gasteiger partial charge < -0.3 is 28.8 Å². The van der Waals surface area contributed by atoms with Crippen molar-refractivity contribution in [2.75, 3.05) is 35.0 Å². The second kappa shape index (κ2) is 10.5. The maximum Gasteiger partial charge on any atom is 0.203 e. The van der Waals surface area contributed by atoms with E-state index in [1.54, 1.807) is 40.6 Å². The summed E-state index contributed by atoms with van der Waals surface area (Å²) in [6, 6.07) is 9.49. The maximum atomic E-state index is 8.97. The second-order valence-electron chi connectivity index (χ2n) is 6.16. The zero-order valence-corrected chi connectivity index (χ0v) is 17.0. The number of benzene rings is 2. The van der Waals surface area contributed by atoms with E-state index in [4.69, 9.17) is 28.8 Å². The lowest BCUT2D eigenvalue weighted by molar-refractivity contribution is 0.201. The van der Waals surface area contributed by atoms with Crippen LogP contribution >= 0.6 is 0 Å². The fraction of sp³-hybridized carbons (Fsp3) is 0.364. The number of aliphatic hydroxyl groups excluding tert-OH is 1. The molecule has 0 aliphatic heterocycles. The van der Waals surface area contributed by atoms with Gasteiger partial charge in [0.25, 0.3) is 0 Å². The van der Waals surface area contributed by atoms with Gasteiger partial charge in [0.2, 0.25) is 5.75 Å². The molecule has 2 aromatic rings. The van der Waals surface area contributed by atoms with E-state index in [0.717, 1.165) is 11.1 Å². The summed E-state index contributed by atoms with van der Waals surface area (Å²) in [6.45, 7) is 1.94. The van der Waals surface area contributed by atoms with Crippen LogP contribution in [0.25, 0.3) is 6.08 Å². The minimum Gasteiger partial charge on any atom is -0.493 e. The number of aliphatic hydroxyl groups is 1. The fourth-order valence-corrected chi connectivity index (χ4v) is 2.88. The van der Waals surface area contributed by atoms with Gasteiger partial charge in [-0.25, -0.2) is 0 Å². The topological polar surface area (TPSA) is 66.4 Å². The lowest BCUT2D eigenvalue weighted by atomic mass is 10.1. The molecule has 0 amide bonds. The van der Waals surface area contributed by atoms with E-state index in [0.29, 0.717) is 35.2 Å². The predicted molar refractivity (Wildman–Crippen MR) is 109 cm³/mol. The van der Waals surface area contributed by atoms with Crippen LogP contribution in [0.15, 0.2) is 36.4 Å². The molecule has 0 saturated heterocycles. The monoisotopic (exact) mass is 388 g/mol. The molecule has 1 N–H and O–H groups in total. The van der Waals surface area contributed by atoms with Gasteiger partial charge in [0.05, 0.1) is 35.0 Å². The summed E-state index contributed by atoms with van der Waals surface area (Å²) in [6.07, 6.45) is 3.97. The highest BCUT2D eigenvalue weighted by Gasteiger charge is 2.17. The van der Waals surface area contributed by atoms with Crippen molar-refractivity contribution >= 4 is 6.08 Å². The van der Waals surface area contributed by atoms with E-state index in [1.165, 1.54) is 0 Å². The van der Waals surface area contributed by atoms with Crippen molar-refractivity contribution in [1.82, 2.24) is 0 Å². The molecule has 0 aliphatic rings. The van der Waals surface area contributed by atoms with Gasteiger partial charge in [-0.3, -0.25) is 0 Å². The number of methoxy groups -OCH3 is 4. The van der Waals surface area contributed by atoms with Gasteiger partial charge in [-0.2, -0.15) is 0 Å². The molecule has 6 heteroatoms. The highest BCUT2D eigenvalue weighted by atomic mass is 16.5. The summed E-state index contributed by atoms with van der Waals surface area (Å²) in [5, 5.41) is 8.97. The van der Waals surface area contributed by atoms with Gasteiger partial charge in [0, 0.05) is 6.42 Å². The average Bonchev–Trinajstić information content (AvgIpc) is 2.72. The van der Waals surface area contributed by atoms with E-state index < -0.39 is 0 Å². The molecule has 0 aliphatic carbocycles. The van der Waals surface area contributed by atoms with Gasteiger partial charge in [-0.05, 0) is 42.3 Å². The van der Waals surface area contributed by atoms with Crippen LogP contribution in [0.5, 0.6) is 28.7 Å². The van der Waals surface area contributed by atoms with E-state index in [2.05, 4.69) is 0 Å². The molecule has 1 atom stereocenters. The Bertz CT molecular complexity index is 775. The molecule has 6 nitrogen and oxygen atoms in total. The third-order valence-corrected chi connectivity index (χ3v) is 4.19. The van der Waals surface area contributed by atoms with Crippen LogP contribution in [0.3, 0.4) is 0 Å². The van der Waals surface area contributed by atoms with Crippen molar-refractivity contribution < 1.29 is 28.8 Å². The molecule has 0 spiro atoms. The summed E-state index contributed by atoms with van der Waals surface area (Å²) in [7, 11) is 6.39. The Morgan fingerprint density at radius 1 is 0.857 bits per heavy atom. The van der Waals surface area contributed by atoms with Crippen LogP contribution in [0, 0.1) is 0 Å². The average molecular weight is 388 g/mol. The van der Waals surface area contributed by atoms with Crippen molar-refractivity contribution in [3.63, 3.8) is 0 Å². The largest absolute Gasteiger partial charge is 0.493 e. The molecular weight excluding hydrogens is 360 g/mol. The fourth-order valence-electron chi connectivity index (χ4n) is 2.88. The first-order valence-electron chi connectivity index (χ1n) is 8.97. The summed E-state index contributed by atoms with van der Waals surface area (Å²) < 4.78 is 27.8. The Morgan fingerprint density at radius 3 is 2.00 bits per heavy atom. The van der Waals surface area contributed by atoms with Crippen molar-refractivity contribution in [2.24, 2.45) is 0 Å². The van der Waals surface area contributed by atoms with Crippen molar-refractivity contribution in [3.8, 4) is 28.7 Å². The lowest BCUT2D eigenvalue weighted by Crippen LogP contribution is -2.16. The highest BCUT2D eigenvalue weighted by molar-refractivity contribution is 5.62. The molecule has 152 valence electrons. The summed E-state index contributed by atoms with van der Waals surface area (Å²) in [5.74, 6) is 3.04. The first-order valence-corrected chi connectivity index (χ1v) is 8.97. The molecule has 2 aromatic carbocycles. The Kier molecular flexibility index (Phi) is 8.02. The number of hydrogen-bond acceptors (Lipinski definition) is 6. The standard InChI is InChI=1S/C22H28O6/c1-15(11-17-8-9-18(24-2)19(12-17)25-3)28-22-20(26-4)13-16(7-6-10-23)14-21(22)27-5/h6-9,12-15,23H,10-11H2,1-5H3. The van der Waals surface area contributed by atoms with Gasteiger partial charge >= 0.3 is 0 Å². The molecule has 0 fully saturated rings. The zero-order valence-electron chi connectivity index (χ0n) is 17.0. The van der Waals surface area contributed by atoms with E-state index in [-0.39, 0.29) is 12.7 Å². The van der Waals surface area contributed by atoms with Gasteiger partial charge in [0.15, 0.2) is 23.0 Å². The first kappa shape index (κ1) is 21.4. The maximum absolute atomic E-state index is 8.97. The minimum atomic E-state index is -0.139. The highest BCUT2D eigenvalue weighted by Crippen LogP contribution is 2.40. The third-order valence-electron chi connectivity index (χ3n) is 4.19. The minimum absolute atomic E-state index is 0.0365. The van der Waals surface area contributed by atoms with Crippen LogP contribution in [0.2, 0.25) is 0 Å². The lowest BCUT2D eigenvalue weighted by Gasteiger charge is -2.20. The Balaban J connectivity index is 2.23. The van der Waals surface area contributed by atoms with Crippen molar-refractivity contribution in [2.45, 2.75) is 19.4 Å². The number of ether oxygens (including phenoxy) is 5. The Hall–Kier alpha value is -2.86. The molecule has 0 saturated carbocycles. The summed E-state index contributed by atoms with van der Waals surface area (Å²) in [4.78, 5) is 0. The van der Waals surface area contributed by atoms with E-state index in [1.807, 2.05) is 37.3 Å². The number of hydrogen-bond donors (Lipinski definition) is 1. The Labute approximate surface area is 166 Å². The van der Waals surface area contributed by atoms with Gasteiger partial charge in [-0.1, -0.05) is 18.2 Å². The zero-order chi connectivity index (χ0) is 20.5. The molecule has 2 rings (SSSR count). The van der Waals surface area contributed by atoms with Gasteiger partial charge in [-0.15, -0.1) is 0 Å². The molecule has 0 bridgehead atoms. The SMILES string of the molecule is COc1ccc(CC(C)Oc2c(OC)cc(C=CCO)cc2OC)cc1OC.